The van der Waals surface area contributed by atoms with Gasteiger partial charge < -0.3 is 14.8 Å². The second-order valence-electron chi connectivity index (χ2n) is 5.46. The van der Waals surface area contributed by atoms with Gasteiger partial charge in [-0.05, 0) is 32.9 Å². The topological polar surface area (TPSA) is 109 Å². The summed E-state index contributed by atoms with van der Waals surface area (Å²) in [7, 11) is 0. The summed E-state index contributed by atoms with van der Waals surface area (Å²) in [5.74, 6) is -0.605. The second-order valence-corrected chi connectivity index (χ2v) is 5.46. The molecule has 1 amide bonds. The summed E-state index contributed by atoms with van der Waals surface area (Å²) < 4.78 is 35.7. The third-order valence-corrected chi connectivity index (χ3v) is 3.69. The number of amides is 1. The Kier molecular flexibility index (Phi) is 6.27. The number of alkyl halides is 2. The van der Waals surface area contributed by atoms with Crippen LogP contribution in [0.15, 0.2) is 24.4 Å². The first kappa shape index (κ1) is 20.1. The van der Waals surface area contributed by atoms with E-state index in [9.17, 15) is 23.7 Å². The highest BCUT2D eigenvalue weighted by atomic mass is 19.3. The van der Waals surface area contributed by atoms with Gasteiger partial charge in [0.2, 0.25) is 5.91 Å². The molecule has 2 rings (SSSR count). The van der Waals surface area contributed by atoms with Crippen LogP contribution in [0.5, 0.6) is 11.5 Å². The maximum absolute atomic E-state index is 12.4. The molecule has 146 valence electrons. The molecule has 0 aliphatic rings. The Balaban J connectivity index is 2.19. The molecule has 0 saturated carbocycles. The Labute approximate surface area is 153 Å². The molecule has 1 heterocycles. The molecule has 0 saturated heterocycles. The van der Waals surface area contributed by atoms with E-state index in [0.29, 0.717) is 0 Å². The lowest BCUT2D eigenvalue weighted by atomic mass is 10.2. The van der Waals surface area contributed by atoms with Gasteiger partial charge in [0.25, 0.3) is 0 Å². The van der Waals surface area contributed by atoms with E-state index in [-0.39, 0.29) is 35.2 Å². The predicted molar refractivity (Wildman–Crippen MR) is 91.2 cm³/mol. The third kappa shape index (κ3) is 4.68. The van der Waals surface area contributed by atoms with Gasteiger partial charge in [-0.25, -0.2) is 0 Å². The monoisotopic (exact) mass is 384 g/mol. The Morgan fingerprint density at radius 2 is 2.11 bits per heavy atom. The van der Waals surface area contributed by atoms with Crippen LogP contribution in [0.2, 0.25) is 0 Å². The van der Waals surface area contributed by atoms with E-state index in [1.165, 1.54) is 36.7 Å². The summed E-state index contributed by atoms with van der Waals surface area (Å²) in [5.41, 5.74) is 0.330. The first-order chi connectivity index (χ1) is 12.7. The Hall–Kier alpha value is -3.24. The Morgan fingerprint density at radius 1 is 1.41 bits per heavy atom. The number of benzene rings is 1. The average molecular weight is 384 g/mol. The van der Waals surface area contributed by atoms with Gasteiger partial charge in [0.1, 0.15) is 17.9 Å². The highest BCUT2D eigenvalue weighted by molar-refractivity contribution is 5.93. The van der Waals surface area contributed by atoms with Crippen LogP contribution in [0, 0.1) is 17.0 Å². The number of anilines is 1. The highest BCUT2D eigenvalue weighted by Gasteiger charge is 2.24. The van der Waals surface area contributed by atoms with Crippen molar-refractivity contribution in [1.29, 1.82) is 0 Å². The summed E-state index contributed by atoms with van der Waals surface area (Å²) >= 11 is 0. The molecule has 0 aliphatic heterocycles. The molecule has 0 radical (unpaired) electrons. The predicted octanol–water partition coefficient (Wildman–Crippen LogP) is 3.30. The molecule has 11 heteroatoms. The SMILES string of the molecule is CCOc1cc(NC(=O)C(C)n2ncc([N+](=O)[O-])c2C)ccc1OC(F)F. The normalized spacial score (nSPS) is 11.9. The van der Waals surface area contributed by atoms with Crippen molar-refractivity contribution in [3.63, 3.8) is 0 Å². The number of halogens is 2. The van der Waals surface area contributed by atoms with Crippen LogP contribution in [-0.4, -0.2) is 33.8 Å². The molecule has 1 unspecified atom stereocenters. The highest BCUT2D eigenvalue weighted by Crippen LogP contribution is 2.32. The molecular weight excluding hydrogens is 366 g/mol. The minimum absolute atomic E-state index is 0.0501. The Bertz CT molecular complexity index is 840. The molecule has 2 aromatic rings. The van der Waals surface area contributed by atoms with Crippen molar-refractivity contribution in [1.82, 2.24) is 9.78 Å². The first-order valence-corrected chi connectivity index (χ1v) is 7.95. The molecule has 1 atom stereocenters. The number of rotatable bonds is 8. The van der Waals surface area contributed by atoms with E-state index in [2.05, 4.69) is 15.2 Å². The number of ether oxygens (including phenoxy) is 2. The summed E-state index contributed by atoms with van der Waals surface area (Å²) in [5, 5.41) is 17.4. The lowest BCUT2D eigenvalue weighted by Gasteiger charge is -2.16. The van der Waals surface area contributed by atoms with Crippen molar-refractivity contribution in [3.05, 3.63) is 40.2 Å². The van der Waals surface area contributed by atoms with E-state index >= 15 is 0 Å². The van der Waals surface area contributed by atoms with Crippen LogP contribution >= 0.6 is 0 Å². The average Bonchev–Trinajstić information content (AvgIpc) is 2.98. The maximum Gasteiger partial charge on any atom is 0.387 e. The molecule has 0 bridgehead atoms. The van der Waals surface area contributed by atoms with Crippen LogP contribution in [0.25, 0.3) is 0 Å². The summed E-state index contributed by atoms with van der Waals surface area (Å²) in [6.45, 7) is 1.88. The molecule has 9 nitrogen and oxygen atoms in total. The number of hydrogen-bond acceptors (Lipinski definition) is 6. The van der Waals surface area contributed by atoms with Gasteiger partial charge in [-0.2, -0.15) is 13.9 Å². The standard InChI is InChI=1S/C16H18F2N4O5/c1-4-26-14-7-11(5-6-13(14)27-16(17)18)20-15(23)10(3)21-9(2)12(8-19-21)22(24)25/h5-8,10,16H,4H2,1-3H3,(H,20,23). The zero-order chi connectivity index (χ0) is 20.1. The van der Waals surface area contributed by atoms with Crippen molar-refractivity contribution < 1.29 is 28.0 Å². The van der Waals surface area contributed by atoms with Crippen LogP contribution in [0.3, 0.4) is 0 Å². The van der Waals surface area contributed by atoms with Gasteiger partial charge >= 0.3 is 12.3 Å². The van der Waals surface area contributed by atoms with Gasteiger partial charge in [0.15, 0.2) is 11.5 Å². The third-order valence-electron chi connectivity index (χ3n) is 3.69. The number of carbonyl (C=O) groups excluding carboxylic acids is 1. The van der Waals surface area contributed by atoms with Gasteiger partial charge in [-0.1, -0.05) is 0 Å². The minimum atomic E-state index is -3.01. The zero-order valence-electron chi connectivity index (χ0n) is 14.8. The van der Waals surface area contributed by atoms with E-state index in [1.54, 1.807) is 6.92 Å². The number of nitro groups is 1. The van der Waals surface area contributed by atoms with Crippen LogP contribution in [0.1, 0.15) is 25.6 Å². The maximum atomic E-state index is 12.4. The van der Waals surface area contributed by atoms with Crippen molar-refractivity contribution in [2.45, 2.75) is 33.4 Å². The minimum Gasteiger partial charge on any atom is -0.490 e. The summed E-state index contributed by atoms with van der Waals surface area (Å²) in [6, 6.07) is 3.14. The number of aromatic nitrogens is 2. The van der Waals surface area contributed by atoms with Gasteiger partial charge in [0.05, 0.1) is 11.5 Å². The fourth-order valence-corrected chi connectivity index (χ4v) is 2.39. The molecule has 0 spiro atoms. The van der Waals surface area contributed by atoms with E-state index in [4.69, 9.17) is 4.74 Å². The molecule has 27 heavy (non-hydrogen) atoms. The van der Waals surface area contributed by atoms with Crippen LogP contribution < -0.4 is 14.8 Å². The van der Waals surface area contributed by atoms with Crippen LogP contribution in [-0.2, 0) is 4.79 Å². The first-order valence-electron chi connectivity index (χ1n) is 7.95. The van der Waals surface area contributed by atoms with Crippen molar-refractivity contribution in [3.8, 4) is 11.5 Å². The number of nitrogens with zero attached hydrogens (tertiary/aromatic N) is 3. The molecule has 1 N–H and O–H groups in total. The molecule has 0 aliphatic carbocycles. The van der Waals surface area contributed by atoms with Gasteiger partial charge in [-0.15, -0.1) is 0 Å². The molecule has 0 fully saturated rings. The fraction of sp³-hybridized carbons (Fsp3) is 0.375. The number of nitrogens with one attached hydrogen (secondary N) is 1. The van der Waals surface area contributed by atoms with Crippen molar-refractivity contribution in [2.75, 3.05) is 11.9 Å². The van der Waals surface area contributed by atoms with Gasteiger partial charge in [0, 0.05) is 11.8 Å². The fourth-order valence-electron chi connectivity index (χ4n) is 2.39. The number of hydrogen-bond donors (Lipinski definition) is 1. The number of carbonyl (C=O) groups is 1. The smallest absolute Gasteiger partial charge is 0.387 e. The second kappa shape index (κ2) is 8.43. The molecule has 1 aromatic heterocycles. The summed E-state index contributed by atoms with van der Waals surface area (Å²) in [4.78, 5) is 22.8. The lowest BCUT2D eigenvalue weighted by molar-refractivity contribution is -0.385. The zero-order valence-corrected chi connectivity index (χ0v) is 14.8. The summed E-state index contributed by atoms with van der Waals surface area (Å²) in [6.07, 6.45) is 1.07. The van der Waals surface area contributed by atoms with Crippen LogP contribution in [0.4, 0.5) is 20.2 Å². The van der Waals surface area contributed by atoms with E-state index in [0.717, 1.165) is 6.20 Å². The Morgan fingerprint density at radius 3 is 2.67 bits per heavy atom. The largest absolute Gasteiger partial charge is 0.490 e. The lowest BCUT2D eigenvalue weighted by Crippen LogP contribution is -2.25. The quantitative estimate of drug-likeness (QED) is 0.553. The van der Waals surface area contributed by atoms with Gasteiger partial charge in [-0.3, -0.25) is 19.6 Å². The van der Waals surface area contributed by atoms with Crippen molar-refractivity contribution in [2.24, 2.45) is 0 Å². The van der Waals surface area contributed by atoms with Crippen molar-refractivity contribution >= 4 is 17.3 Å². The van der Waals surface area contributed by atoms with E-state index in [1.807, 2.05) is 0 Å². The van der Waals surface area contributed by atoms with E-state index < -0.39 is 23.5 Å². The molecule has 1 aromatic carbocycles. The molecular formula is C16H18F2N4O5.